The number of hydrogen-bond acceptors (Lipinski definition) is 1. The van der Waals surface area contributed by atoms with Crippen LogP contribution < -0.4 is 0 Å². The van der Waals surface area contributed by atoms with E-state index in [9.17, 15) is 0 Å². The van der Waals surface area contributed by atoms with E-state index in [-0.39, 0.29) is 0 Å². The molecule has 0 aromatic heterocycles. The van der Waals surface area contributed by atoms with Gasteiger partial charge in [0.1, 0.15) is 0 Å². The SMILES string of the molecule is c1ccc(CC2(Cc3ccc(Cc4cccc5cccc(-c6ccccc6)c45)cc3)c3c(c4ccccc4c4ccccc34)Sc3c2c2ccccc2c2ccccc32)cc1. The predicted octanol–water partition coefficient (Wildman–Crippen LogP) is 15.9. The van der Waals surface area contributed by atoms with Gasteiger partial charge in [-0.1, -0.05) is 230 Å². The van der Waals surface area contributed by atoms with Gasteiger partial charge in [-0.05, 0) is 118 Å². The number of rotatable bonds is 7. The molecule has 0 radical (unpaired) electrons. The maximum atomic E-state index is 2.43. The van der Waals surface area contributed by atoms with Gasteiger partial charge >= 0.3 is 0 Å². The lowest BCUT2D eigenvalue weighted by Crippen LogP contribution is -2.37. The van der Waals surface area contributed by atoms with Gasteiger partial charge < -0.3 is 0 Å². The first kappa shape index (κ1) is 36.0. The Morgan fingerprint density at radius 1 is 0.328 bits per heavy atom. The van der Waals surface area contributed by atoms with Crippen LogP contribution in [0.25, 0.3) is 65.0 Å². The maximum absolute atomic E-state index is 2.43. The molecule has 11 aromatic carbocycles. The van der Waals surface area contributed by atoms with Crippen LogP contribution in [-0.2, 0) is 24.7 Å². The van der Waals surface area contributed by atoms with Crippen LogP contribution in [0, 0.1) is 0 Å². The van der Waals surface area contributed by atoms with Gasteiger partial charge in [0.05, 0.1) is 0 Å². The third-order valence-electron chi connectivity index (χ3n) is 13.3. The average molecular weight is 795 g/mol. The van der Waals surface area contributed by atoms with Crippen LogP contribution in [0.1, 0.15) is 33.4 Å². The van der Waals surface area contributed by atoms with E-state index in [4.69, 9.17) is 0 Å². The monoisotopic (exact) mass is 794 g/mol. The Morgan fingerprint density at radius 3 is 1.31 bits per heavy atom. The molecule has 61 heavy (non-hydrogen) atoms. The molecule has 1 heteroatoms. The summed E-state index contributed by atoms with van der Waals surface area (Å²) in [7, 11) is 0. The summed E-state index contributed by atoms with van der Waals surface area (Å²) >= 11 is 2.00. The largest absolute Gasteiger partial charge is 0.0881 e. The predicted molar refractivity (Wildman–Crippen MR) is 260 cm³/mol. The molecule has 0 unspecified atom stereocenters. The molecule has 1 aliphatic rings. The lowest BCUT2D eigenvalue weighted by Gasteiger charge is -2.44. The fraction of sp³-hybridized carbons (Fsp3) is 0.0667. The van der Waals surface area contributed by atoms with E-state index in [1.54, 1.807) is 0 Å². The summed E-state index contributed by atoms with van der Waals surface area (Å²) in [6.07, 6.45) is 2.60. The van der Waals surface area contributed by atoms with Gasteiger partial charge in [-0.25, -0.2) is 0 Å². The van der Waals surface area contributed by atoms with Gasteiger partial charge in [-0.2, -0.15) is 0 Å². The molecule has 1 heterocycles. The van der Waals surface area contributed by atoms with Crippen molar-refractivity contribution >= 4 is 65.6 Å². The van der Waals surface area contributed by atoms with Crippen molar-refractivity contribution < 1.29 is 0 Å². The van der Waals surface area contributed by atoms with Gasteiger partial charge in [0.15, 0.2) is 0 Å². The molecular weight excluding hydrogens is 753 g/mol. The molecule has 0 atom stereocenters. The van der Waals surface area contributed by atoms with Crippen LogP contribution in [0.3, 0.4) is 0 Å². The van der Waals surface area contributed by atoms with Crippen molar-refractivity contribution in [3.05, 3.63) is 252 Å². The minimum absolute atomic E-state index is 0.397. The molecule has 11 aromatic rings. The van der Waals surface area contributed by atoms with Gasteiger partial charge in [0.2, 0.25) is 0 Å². The zero-order valence-corrected chi connectivity index (χ0v) is 34.6. The molecule has 0 bridgehead atoms. The Labute approximate surface area is 361 Å². The highest BCUT2D eigenvalue weighted by Crippen LogP contribution is 2.60. The van der Waals surface area contributed by atoms with Crippen molar-refractivity contribution in [2.24, 2.45) is 0 Å². The standard InChI is InChI=1S/C60H42S/c1-3-17-41(18-4-1)38-60(39-42-35-33-40(34-36-42)37-45-23-15-21-44-22-16-32-46(55(44)45)43-19-5-2-6-20-43)56-51-28-11-7-24-47(51)49-26-9-13-30-53(49)58(56)61-59-54-31-14-10-27-50(54)48-25-8-12-29-52(48)57(59)60/h1-36H,37-39H2. The minimum Gasteiger partial charge on any atom is -0.0881 e. The minimum atomic E-state index is -0.397. The molecular formula is C60H42S. The van der Waals surface area contributed by atoms with Crippen molar-refractivity contribution in [1.29, 1.82) is 0 Å². The van der Waals surface area contributed by atoms with Crippen LogP contribution in [-0.4, -0.2) is 0 Å². The highest BCUT2D eigenvalue weighted by atomic mass is 32.2. The van der Waals surface area contributed by atoms with Gasteiger partial charge in [-0.3, -0.25) is 0 Å². The normalized spacial score (nSPS) is 13.2. The molecule has 0 N–H and O–H groups in total. The zero-order chi connectivity index (χ0) is 40.3. The lowest BCUT2D eigenvalue weighted by atomic mass is 9.63. The maximum Gasteiger partial charge on any atom is 0.0318 e. The molecule has 0 saturated heterocycles. The molecule has 0 spiro atoms. The van der Waals surface area contributed by atoms with Crippen molar-refractivity contribution in [3.8, 4) is 11.1 Å². The number of benzene rings is 11. The summed E-state index contributed by atoms with van der Waals surface area (Å²) in [5, 5.41) is 13.3. The van der Waals surface area contributed by atoms with E-state index >= 15 is 0 Å². The quantitative estimate of drug-likeness (QED) is 0.145. The van der Waals surface area contributed by atoms with Crippen LogP contribution in [0.4, 0.5) is 0 Å². The molecule has 0 saturated carbocycles. The third kappa shape index (κ3) is 5.91. The van der Waals surface area contributed by atoms with Gasteiger partial charge in [0, 0.05) is 15.2 Å². The van der Waals surface area contributed by atoms with E-state index in [0.29, 0.717) is 0 Å². The summed E-state index contributed by atoms with van der Waals surface area (Å²) < 4.78 is 0. The second-order valence-corrected chi connectivity index (χ2v) is 17.8. The highest BCUT2D eigenvalue weighted by molar-refractivity contribution is 8.00. The van der Waals surface area contributed by atoms with Crippen LogP contribution in [0.2, 0.25) is 0 Å². The molecule has 0 fully saturated rings. The topological polar surface area (TPSA) is 0 Å². The lowest BCUT2D eigenvalue weighted by molar-refractivity contribution is 0.496. The Balaban J connectivity index is 1.09. The fourth-order valence-electron chi connectivity index (χ4n) is 10.7. The summed E-state index contributed by atoms with van der Waals surface area (Å²) in [4.78, 5) is 2.78. The van der Waals surface area contributed by atoms with Gasteiger partial charge in [0.25, 0.3) is 0 Å². The Bertz CT molecular complexity index is 3330. The van der Waals surface area contributed by atoms with E-state index in [2.05, 4.69) is 218 Å². The summed E-state index contributed by atoms with van der Waals surface area (Å²) in [6, 6.07) is 81.8. The first-order chi connectivity index (χ1) is 30.2. The zero-order valence-electron chi connectivity index (χ0n) is 33.8. The second-order valence-electron chi connectivity index (χ2n) is 16.8. The summed E-state index contributed by atoms with van der Waals surface area (Å²) in [6.45, 7) is 0. The number of hydrogen-bond donors (Lipinski definition) is 0. The van der Waals surface area contributed by atoms with Crippen molar-refractivity contribution in [1.82, 2.24) is 0 Å². The smallest absolute Gasteiger partial charge is 0.0318 e. The molecule has 288 valence electrons. The molecule has 0 aliphatic carbocycles. The number of fused-ring (bicyclic) bond motifs is 13. The van der Waals surface area contributed by atoms with Crippen molar-refractivity contribution in [3.63, 3.8) is 0 Å². The van der Waals surface area contributed by atoms with E-state index in [0.717, 1.165) is 19.3 Å². The highest BCUT2D eigenvalue weighted by Gasteiger charge is 2.45. The van der Waals surface area contributed by atoms with Crippen LogP contribution >= 0.6 is 11.8 Å². The molecule has 0 nitrogen and oxygen atoms in total. The van der Waals surface area contributed by atoms with E-state index in [1.807, 2.05) is 11.8 Å². The van der Waals surface area contributed by atoms with Crippen LogP contribution in [0.5, 0.6) is 0 Å². The second kappa shape index (κ2) is 14.7. The van der Waals surface area contributed by atoms with Crippen molar-refractivity contribution in [2.75, 3.05) is 0 Å². The van der Waals surface area contributed by atoms with Gasteiger partial charge in [-0.15, -0.1) is 0 Å². The van der Waals surface area contributed by atoms with E-state index < -0.39 is 5.41 Å². The Kier molecular flexibility index (Phi) is 8.64. The molecule has 1 aliphatic heterocycles. The molecule has 0 amide bonds. The van der Waals surface area contributed by atoms with E-state index in [1.165, 1.54) is 108 Å². The first-order valence-electron chi connectivity index (χ1n) is 21.5. The summed E-state index contributed by atoms with van der Waals surface area (Å²) in [5.41, 5.74) is 10.4. The average Bonchev–Trinajstić information content (AvgIpc) is 3.32. The van der Waals surface area contributed by atoms with Crippen molar-refractivity contribution in [2.45, 2.75) is 34.5 Å². The molecule has 12 rings (SSSR count). The Hall–Kier alpha value is -6.93. The van der Waals surface area contributed by atoms with Crippen LogP contribution in [0.15, 0.2) is 228 Å². The Morgan fingerprint density at radius 2 is 0.754 bits per heavy atom. The fourth-order valence-corrected chi connectivity index (χ4v) is 12.3. The third-order valence-corrected chi connectivity index (χ3v) is 14.5. The summed E-state index contributed by atoms with van der Waals surface area (Å²) in [5.74, 6) is 0. The first-order valence-corrected chi connectivity index (χ1v) is 22.3.